The molecule has 20 heavy (non-hydrogen) atoms. The molecular formula is C13H17BrN2O4. The highest BCUT2D eigenvalue weighted by Crippen LogP contribution is 2.23. The summed E-state index contributed by atoms with van der Waals surface area (Å²) in [7, 11) is 1.61. The van der Waals surface area contributed by atoms with Crippen LogP contribution in [0.2, 0.25) is 0 Å². The zero-order chi connectivity index (χ0) is 15.1. The molecular weight excluding hydrogens is 328 g/mol. The molecule has 0 saturated heterocycles. The number of halogens is 1. The van der Waals surface area contributed by atoms with Gasteiger partial charge in [0.2, 0.25) is 0 Å². The number of hydrogen-bond donors (Lipinski definition) is 3. The van der Waals surface area contributed by atoms with Crippen molar-refractivity contribution in [3.8, 4) is 0 Å². The normalized spacial score (nSPS) is 11.8. The highest BCUT2D eigenvalue weighted by Gasteiger charge is 2.10. The van der Waals surface area contributed by atoms with Crippen molar-refractivity contribution < 1.29 is 19.4 Å². The van der Waals surface area contributed by atoms with Gasteiger partial charge in [-0.05, 0) is 40.0 Å². The second-order valence-corrected chi connectivity index (χ2v) is 5.25. The molecule has 1 aromatic rings. The number of carbonyl (C=O) groups is 2. The number of carboxylic acid groups (broad SMARTS) is 1. The van der Waals surface area contributed by atoms with Gasteiger partial charge in [-0.1, -0.05) is 6.92 Å². The first-order valence-corrected chi connectivity index (χ1v) is 6.80. The summed E-state index contributed by atoms with van der Waals surface area (Å²) in [5.74, 6) is -0.807. The second-order valence-electron chi connectivity index (χ2n) is 4.40. The minimum absolute atomic E-state index is 0.150. The fourth-order valence-electron chi connectivity index (χ4n) is 1.53. The summed E-state index contributed by atoms with van der Waals surface area (Å²) in [6.45, 7) is 3.02. The molecule has 6 nitrogen and oxygen atoms in total. The topological polar surface area (TPSA) is 87.7 Å². The molecule has 0 radical (unpaired) electrons. The average molecular weight is 345 g/mol. The quantitative estimate of drug-likeness (QED) is 0.739. The Morgan fingerprint density at radius 1 is 1.45 bits per heavy atom. The van der Waals surface area contributed by atoms with E-state index in [1.54, 1.807) is 7.11 Å². The number of nitrogens with one attached hydrogen (secondary N) is 2. The first-order chi connectivity index (χ1) is 9.43. The molecule has 0 spiro atoms. The Bertz CT molecular complexity index is 493. The lowest BCUT2D eigenvalue weighted by atomic mass is 10.2. The fraction of sp³-hybridized carbons (Fsp3) is 0.385. The molecule has 0 aromatic heterocycles. The maximum atomic E-state index is 11.7. The van der Waals surface area contributed by atoms with E-state index in [-0.39, 0.29) is 17.5 Å². The molecule has 0 saturated carbocycles. The van der Waals surface area contributed by atoms with Gasteiger partial charge in [-0.3, -0.25) is 0 Å². The first-order valence-electron chi connectivity index (χ1n) is 6.00. The number of methoxy groups -OCH3 is 1. The first kappa shape index (κ1) is 16.5. The summed E-state index contributed by atoms with van der Waals surface area (Å²) >= 11 is 3.22. The SMILES string of the molecule is COCC(C)CNC(=O)Nc1ccc(C(=O)O)cc1Br. The standard InChI is InChI=1S/C13H17BrN2O4/c1-8(7-20-2)6-15-13(19)16-11-4-3-9(12(17)18)5-10(11)14/h3-5,8H,6-7H2,1-2H3,(H,17,18)(H2,15,16,19). The number of anilines is 1. The van der Waals surface area contributed by atoms with Crippen LogP contribution in [0.25, 0.3) is 0 Å². The van der Waals surface area contributed by atoms with Crippen LogP contribution in [0.3, 0.4) is 0 Å². The lowest BCUT2D eigenvalue weighted by Crippen LogP contribution is -2.33. The summed E-state index contributed by atoms with van der Waals surface area (Å²) in [4.78, 5) is 22.5. The van der Waals surface area contributed by atoms with Gasteiger partial charge in [0.15, 0.2) is 0 Å². The van der Waals surface area contributed by atoms with Gasteiger partial charge in [-0.25, -0.2) is 9.59 Å². The van der Waals surface area contributed by atoms with Gasteiger partial charge in [0.05, 0.1) is 17.9 Å². The van der Waals surface area contributed by atoms with Gasteiger partial charge in [0, 0.05) is 18.1 Å². The number of carbonyl (C=O) groups excluding carboxylic acids is 1. The van der Waals surface area contributed by atoms with E-state index in [0.717, 1.165) is 0 Å². The van der Waals surface area contributed by atoms with E-state index in [4.69, 9.17) is 9.84 Å². The Labute approximate surface area is 125 Å². The van der Waals surface area contributed by atoms with E-state index in [1.165, 1.54) is 18.2 Å². The van der Waals surface area contributed by atoms with Gasteiger partial charge in [0.1, 0.15) is 0 Å². The summed E-state index contributed by atoms with van der Waals surface area (Å²) in [6, 6.07) is 4.05. The van der Waals surface area contributed by atoms with Crippen LogP contribution in [0, 0.1) is 5.92 Å². The number of rotatable bonds is 6. The molecule has 0 heterocycles. The number of ether oxygens (including phenoxy) is 1. The molecule has 7 heteroatoms. The molecule has 1 atom stereocenters. The fourth-order valence-corrected chi connectivity index (χ4v) is 2.00. The van der Waals surface area contributed by atoms with Crippen LogP contribution in [0.5, 0.6) is 0 Å². The maximum Gasteiger partial charge on any atom is 0.335 e. The van der Waals surface area contributed by atoms with Gasteiger partial charge in [-0.15, -0.1) is 0 Å². The van der Waals surface area contributed by atoms with Crippen molar-refractivity contribution >= 4 is 33.6 Å². The van der Waals surface area contributed by atoms with E-state index in [0.29, 0.717) is 23.3 Å². The Morgan fingerprint density at radius 2 is 2.15 bits per heavy atom. The number of carboxylic acids is 1. The van der Waals surface area contributed by atoms with Crippen LogP contribution in [0.1, 0.15) is 17.3 Å². The summed E-state index contributed by atoms with van der Waals surface area (Å²) < 4.78 is 5.49. The van der Waals surface area contributed by atoms with E-state index in [2.05, 4.69) is 26.6 Å². The largest absolute Gasteiger partial charge is 0.478 e. The van der Waals surface area contributed by atoms with Crippen molar-refractivity contribution in [3.05, 3.63) is 28.2 Å². The third kappa shape index (κ3) is 5.18. The summed E-state index contributed by atoms with van der Waals surface area (Å²) in [5, 5.41) is 14.2. The zero-order valence-electron chi connectivity index (χ0n) is 11.3. The van der Waals surface area contributed by atoms with Crippen LogP contribution in [0.4, 0.5) is 10.5 Å². The molecule has 0 fully saturated rings. The number of amides is 2. The molecule has 2 amide bonds. The Morgan fingerprint density at radius 3 is 2.70 bits per heavy atom. The van der Waals surface area contributed by atoms with E-state index >= 15 is 0 Å². The third-order valence-electron chi connectivity index (χ3n) is 2.53. The molecule has 3 N–H and O–H groups in total. The van der Waals surface area contributed by atoms with Crippen LogP contribution < -0.4 is 10.6 Å². The second kappa shape index (κ2) is 7.86. The van der Waals surface area contributed by atoms with Crippen LogP contribution in [-0.4, -0.2) is 37.4 Å². The van der Waals surface area contributed by atoms with Crippen molar-refractivity contribution in [2.45, 2.75) is 6.92 Å². The lowest BCUT2D eigenvalue weighted by Gasteiger charge is -2.13. The van der Waals surface area contributed by atoms with Crippen LogP contribution >= 0.6 is 15.9 Å². The maximum absolute atomic E-state index is 11.7. The van der Waals surface area contributed by atoms with Gasteiger partial charge in [-0.2, -0.15) is 0 Å². The van der Waals surface area contributed by atoms with Crippen molar-refractivity contribution in [3.63, 3.8) is 0 Å². The Kier molecular flexibility index (Phi) is 6.47. The number of urea groups is 1. The van der Waals surface area contributed by atoms with Crippen molar-refractivity contribution in [1.82, 2.24) is 5.32 Å². The van der Waals surface area contributed by atoms with Crippen molar-refractivity contribution in [2.24, 2.45) is 5.92 Å². The number of hydrogen-bond acceptors (Lipinski definition) is 3. The zero-order valence-corrected chi connectivity index (χ0v) is 12.9. The Hall–Kier alpha value is -1.60. The molecule has 0 aliphatic rings. The predicted molar refractivity (Wildman–Crippen MR) is 79.2 cm³/mol. The molecule has 0 aliphatic carbocycles. The van der Waals surface area contributed by atoms with Gasteiger partial charge >= 0.3 is 12.0 Å². The van der Waals surface area contributed by atoms with E-state index in [9.17, 15) is 9.59 Å². The average Bonchev–Trinajstić information content (AvgIpc) is 2.39. The smallest absolute Gasteiger partial charge is 0.335 e. The van der Waals surface area contributed by atoms with E-state index in [1.807, 2.05) is 6.92 Å². The molecule has 1 rings (SSSR count). The molecule has 110 valence electrons. The predicted octanol–water partition coefficient (Wildman–Crippen LogP) is 2.55. The van der Waals surface area contributed by atoms with Gasteiger partial charge in [0.25, 0.3) is 0 Å². The summed E-state index contributed by atoms with van der Waals surface area (Å²) in [5.41, 5.74) is 0.656. The monoisotopic (exact) mass is 344 g/mol. The van der Waals surface area contributed by atoms with Crippen LogP contribution in [0.15, 0.2) is 22.7 Å². The summed E-state index contributed by atoms with van der Waals surface area (Å²) in [6.07, 6.45) is 0. The van der Waals surface area contributed by atoms with Crippen LogP contribution in [-0.2, 0) is 4.74 Å². The number of aromatic carboxylic acids is 1. The van der Waals surface area contributed by atoms with E-state index < -0.39 is 5.97 Å². The number of benzene rings is 1. The van der Waals surface area contributed by atoms with Gasteiger partial charge < -0.3 is 20.5 Å². The minimum atomic E-state index is -1.02. The molecule has 0 aliphatic heterocycles. The molecule has 0 bridgehead atoms. The highest BCUT2D eigenvalue weighted by molar-refractivity contribution is 9.10. The molecule has 1 aromatic carbocycles. The molecule has 1 unspecified atom stereocenters. The van der Waals surface area contributed by atoms with Crippen molar-refractivity contribution in [2.75, 3.05) is 25.6 Å². The third-order valence-corrected chi connectivity index (χ3v) is 3.18. The minimum Gasteiger partial charge on any atom is -0.478 e. The van der Waals surface area contributed by atoms with Crippen molar-refractivity contribution in [1.29, 1.82) is 0 Å². The lowest BCUT2D eigenvalue weighted by molar-refractivity contribution is 0.0697. The highest BCUT2D eigenvalue weighted by atomic mass is 79.9. The Balaban J connectivity index is 2.56.